The normalized spacial score (nSPS) is 37.8. The van der Waals surface area contributed by atoms with E-state index < -0.39 is 96.0 Å². The van der Waals surface area contributed by atoms with Gasteiger partial charge >= 0.3 is 5.97 Å². The molecule has 5 rings (SSSR count). The molecule has 0 amide bonds. The predicted octanol–water partition coefficient (Wildman–Crippen LogP) is 4.54. The first kappa shape index (κ1) is 62.9. The molecule has 0 spiro atoms. The lowest BCUT2D eigenvalue weighted by molar-refractivity contribution is -0.318. The lowest BCUT2D eigenvalue weighted by Crippen LogP contribution is -2.60. The van der Waals surface area contributed by atoms with E-state index in [4.69, 9.17) is 55.3 Å². The van der Waals surface area contributed by atoms with Crippen LogP contribution < -0.4 is 15.4 Å². The van der Waals surface area contributed by atoms with Gasteiger partial charge in [0.1, 0.15) is 35.8 Å². The van der Waals surface area contributed by atoms with E-state index in [0.717, 1.165) is 0 Å². The van der Waals surface area contributed by atoms with Crippen molar-refractivity contribution in [3.8, 4) is 11.6 Å². The summed E-state index contributed by atoms with van der Waals surface area (Å²) < 4.78 is 44.0. The maximum Gasteiger partial charge on any atom is 0.311 e. The third-order valence-electron chi connectivity index (χ3n) is 14.9. The number of ether oxygens (including phenoxy) is 7. The number of aromatic nitrogens is 1. The second-order valence-corrected chi connectivity index (χ2v) is 21.8. The molecular weight excluding hydrogens is 979 g/mol. The number of anilines is 1. The molecule has 0 bridgehead atoms. The van der Waals surface area contributed by atoms with Crippen LogP contribution in [0.2, 0.25) is 0 Å². The number of benzene rings is 1. The highest BCUT2D eigenvalue weighted by atomic mass is 32.1. The van der Waals surface area contributed by atoms with Crippen LogP contribution >= 0.6 is 12.2 Å². The van der Waals surface area contributed by atoms with Crippen molar-refractivity contribution >= 4 is 35.5 Å². The van der Waals surface area contributed by atoms with Gasteiger partial charge in [0.15, 0.2) is 17.7 Å². The number of likely N-dealkylation sites (N-methyl/N-ethyl adjacent to an activating group) is 1. The monoisotopic (exact) mass is 1070 g/mol. The Morgan fingerprint density at radius 3 is 2.23 bits per heavy atom. The molecule has 4 heterocycles. The number of esters is 1. The third-order valence-corrected chi connectivity index (χ3v) is 15.1. The third kappa shape index (κ3) is 16.7. The van der Waals surface area contributed by atoms with Crippen molar-refractivity contribution < 1.29 is 73.4 Å². The van der Waals surface area contributed by atoms with Crippen LogP contribution in [0.5, 0.6) is 11.6 Å². The van der Waals surface area contributed by atoms with Crippen molar-refractivity contribution in [2.45, 2.75) is 192 Å². The van der Waals surface area contributed by atoms with Crippen LogP contribution in [0.1, 0.15) is 101 Å². The quantitative estimate of drug-likeness (QED) is 0.0559. The van der Waals surface area contributed by atoms with Gasteiger partial charge < -0.3 is 79.3 Å². The summed E-state index contributed by atoms with van der Waals surface area (Å²) in [5, 5.41) is 73.8. The summed E-state index contributed by atoms with van der Waals surface area (Å²) in [6, 6.07) is 12.0. The van der Waals surface area contributed by atoms with Crippen LogP contribution in [0.15, 0.2) is 48.7 Å². The minimum Gasteiger partial charge on any atom is -0.483 e. The van der Waals surface area contributed by atoms with Gasteiger partial charge in [-0.1, -0.05) is 39.0 Å². The first-order valence-electron chi connectivity index (χ1n) is 25.8. The molecule has 0 radical (unpaired) electrons. The lowest BCUT2D eigenvalue weighted by Gasteiger charge is -2.48. The number of thiocarbonyl (C=S) groups is 1. The molecule has 3 aliphatic heterocycles. The number of carboxylic acid groups (broad SMARTS) is 1. The van der Waals surface area contributed by atoms with E-state index in [-0.39, 0.29) is 43.8 Å². The standard InChI is InChI=1S/C52H85N5O13S.CH2O2/c1-14-39-52(10,63)44(59)34(6)57(24-18-23-53-49(71)55-36-21-22-40(54-28-36)67-37-19-16-15-17-20-37)29-30(2)26-50(8,62)46(70-48-42(58)38(56(11)12)25-31(3)65-48)32(4)43(33(5)47(61)68-39)69-41-27-51(9,64-13)45(60)35(7)66-41;2-1-3/h15-17,19-22,28,30-35,38-39,41-46,48,58-60,62-63H,14,18,23-27,29H2,1-13H3,(H2,53,55,71);1H,(H,2,3)/t30-,31-,32+,33-,34-,35+,38+,39-,41+,42-,43+,44-,45+,46-,48+,50-,51-,52-;/m1./s1. The van der Waals surface area contributed by atoms with Gasteiger partial charge in [0.25, 0.3) is 6.47 Å². The summed E-state index contributed by atoms with van der Waals surface area (Å²) in [5.41, 5.74) is -3.94. The summed E-state index contributed by atoms with van der Waals surface area (Å²) in [6.45, 7) is 18.7. The van der Waals surface area contributed by atoms with Crippen LogP contribution in [0, 0.1) is 17.8 Å². The molecule has 3 saturated heterocycles. The zero-order chi connectivity index (χ0) is 55.3. The Morgan fingerprint density at radius 2 is 1.64 bits per heavy atom. The number of hydrogen-bond donors (Lipinski definition) is 8. The number of aliphatic hydroxyl groups is 5. The van der Waals surface area contributed by atoms with Crippen molar-refractivity contribution in [2.75, 3.05) is 46.2 Å². The number of carbonyl (C=O) groups is 2. The first-order chi connectivity index (χ1) is 34.7. The molecule has 3 fully saturated rings. The van der Waals surface area contributed by atoms with Gasteiger partial charge in [0.05, 0.1) is 53.4 Å². The molecule has 20 nitrogen and oxygen atoms in total. The highest BCUT2D eigenvalue weighted by Crippen LogP contribution is 2.40. The molecule has 3 aliphatic rings. The fourth-order valence-electron chi connectivity index (χ4n) is 10.7. The molecule has 1 aromatic heterocycles. The molecule has 0 unspecified atom stereocenters. The summed E-state index contributed by atoms with van der Waals surface area (Å²) >= 11 is 5.62. The van der Waals surface area contributed by atoms with E-state index in [0.29, 0.717) is 54.9 Å². The van der Waals surface area contributed by atoms with Gasteiger partial charge in [-0.15, -0.1) is 0 Å². The van der Waals surface area contributed by atoms with Crippen molar-refractivity contribution in [1.29, 1.82) is 0 Å². The minimum atomic E-state index is -1.91. The average molecular weight is 1070 g/mol. The van der Waals surface area contributed by atoms with Crippen LogP contribution in [-0.4, -0.2) is 194 Å². The summed E-state index contributed by atoms with van der Waals surface area (Å²) in [6.07, 6.45) is -6.74. The second-order valence-electron chi connectivity index (χ2n) is 21.4. The van der Waals surface area contributed by atoms with Gasteiger partial charge in [-0.05, 0) is 125 Å². The van der Waals surface area contributed by atoms with E-state index in [9.17, 15) is 30.3 Å². The number of aliphatic hydroxyl groups excluding tert-OH is 3. The number of rotatable bonds is 14. The number of para-hydroxylation sites is 1. The smallest absolute Gasteiger partial charge is 0.311 e. The number of carbonyl (C=O) groups excluding carboxylic acids is 1. The van der Waals surface area contributed by atoms with Crippen LogP contribution in [-0.2, 0) is 38.0 Å². The Balaban J connectivity index is 0.00000385. The largest absolute Gasteiger partial charge is 0.483 e. The fourth-order valence-corrected chi connectivity index (χ4v) is 10.9. The van der Waals surface area contributed by atoms with Crippen LogP contribution in [0.4, 0.5) is 5.69 Å². The van der Waals surface area contributed by atoms with E-state index in [1.807, 2.05) is 83.1 Å². The molecule has 0 saturated carbocycles. The highest BCUT2D eigenvalue weighted by molar-refractivity contribution is 7.80. The molecular formula is C53H87N5O15S. The molecule has 1 aromatic carbocycles. The molecule has 420 valence electrons. The highest BCUT2D eigenvalue weighted by Gasteiger charge is 2.53. The number of cyclic esters (lactones) is 1. The summed E-state index contributed by atoms with van der Waals surface area (Å²) in [4.78, 5) is 31.3. The molecule has 2 aromatic rings. The van der Waals surface area contributed by atoms with Gasteiger partial charge in [-0.3, -0.25) is 14.5 Å². The molecule has 74 heavy (non-hydrogen) atoms. The average Bonchev–Trinajstić information content (AvgIpc) is 3.34. The predicted molar refractivity (Wildman–Crippen MR) is 281 cm³/mol. The Kier molecular flexibility index (Phi) is 23.9. The number of pyridine rings is 1. The van der Waals surface area contributed by atoms with Crippen molar-refractivity contribution in [1.82, 2.24) is 20.1 Å². The molecule has 0 aliphatic carbocycles. The Labute approximate surface area is 443 Å². The zero-order valence-corrected chi connectivity index (χ0v) is 46.4. The lowest BCUT2D eigenvalue weighted by atomic mass is 9.77. The molecule has 18 atom stereocenters. The zero-order valence-electron chi connectivity index (χ0n) is 45.6. The van der Waals surface area contributed by atoms with Gasteiger partial charge in [-0.2, -0.15) is 0 Å². The summed E-state index contributed by atoms with van der Waals surface area (Å²) in [5.74, 6) is -1.72. The van der Waals surface area contributed by atoms with Crippen LogP contribution in [0.3, 0.4) is 0 Å². The van der Waals surface area contributed by atoms with Crippen molar-refractivity contribution in [3.63, 3.8) is 0 Å². The number of nitrogens with one attached hydrogen (secondary N) is 2. The fraction of sp³-hybridized carbons (Fsp3) is 0.736. The maximum atomic E-state index is 14.6. The SMILES string of the molecule is CC[C@H]1OC(=O)[C@H](C)[C@@H](O[C@H]2C[C@@](C)(OC)[C@@H](O)[C@H](C)O2)[C@H](C)[C@@H](O[C@@H]2O[C@H](C)C[C@H](N(C)C)[C@H]2O)[C@](C)(O)C[C@@H](C)CN(CCCNC(=S)Nc2ccc(Oc3ccccc3)nc2)[C@H](C)[C@@H](O)[C@]1(C)O.O=CO. The molecule has 8 N–H and O–H groups in total. The van der Waals surface area contributed by atoms with Crippen molar-refractivity contribution in [2.24, 2.45) is 17.8 Å². The van der Waals surface area contributed by atoms with E-state index in [2.05, 4.69) is 20.5 Å². The minimum absolute atomic E-state index is 0.103. The van der Waals surface area contributed by atoms with Gasteiger partial charge in [0.2, 0.25) is 5.88 Å². The van der Waals surface area contributed by atoms with E-state index in [1.165, 1.54) is 14.0 Å². The maximum absolute atomic E-state index is 14.6. The van der Waals surface area contributed by atoms with Gasteiger partial charge in [0, 0.05) is 57.2 Å². The Hall–Kier alpha value is -3.68. The second kappa shape index (κ2) is 28.1. The number of hydrogen-bond acceptors (Lipinski definition) is 18. The van der Waals surface area contributed by atoms with Gasteiger partial charge in [-0.25, -0.2) is 4.98 Å². The van der Waals surface area contributed by atoms with E-state index in [1.54, 1.807) is 46.9 Å². The van der Waals surface area contributed by atoms with Crippen LogP contribution in [0.25, 0.3) is 0 Å². The Morgan fingerprint density at radius 1 is 0.973 bits per heavy atom. The number of methoxy groups -OCH3 is 1. The molecule has 21 heteroatoms. The topological polar surface area (TPSA) is 264 Å². The first-order valence-corrected chi connectivity index (χ1v) is 26.2. The van der Waals surface area contributed by atoms with E-state index >= 15 is 0 Å². The van der Waals surface area contributed by atoms with Crippen molar-refractivity contribution in [3.05, 3.63) is 48.7 Å². The summed E-state index contributed by atoms with van der Waals surface area (Å²) in [7, 11) is 5.27. The Bertz CT molecular complexity index is 2030. The number of nitrogens with zero attached hydrogens (tertiary/aromatic N) is 3.